The minimum atomic E-state index is -0.0350. The Morgan fingerprint density at radius 2 is 1.92 bits per heavy atom. The molecule has 0 spiro atoms. The number of nitrogens with one attached hydrogen (secondary N) is 1. The second kappa shape index (κ2) is 6.55. The highest BCUT2D eigenvalue weighted by atomic mass is 32.1. The van der Waals surface area contributed by atoms with E-state index >= 15 is 0 Å². The SMILES string of the molecule is O=C(Cc1ccsc1)Nc1nc(-c2cccc3ccccc23)cs1. The number of amides is 1. The summed E-state index contributed by atoms with van der Waals surface area (Å²) in [5.41, 5.74) is 3.01. The quantitative estimate of drug-likeness (QED) is 0.549. The van der Waals surface area contributed by atoms with Crippen LogP contribution in [-0.4, -0.2) is 10.9 Å². The normalized spacial score (nSPS) is 10.8. The summed E-state index contributed by atoms with van der Waals surface area (Å²) in [5, 5.41) is 11.8. The van der Waals surface area contributed by atoms with Gasteiger partial charge in [-0.1, -0.05) is 42.5 Å². The predicted octanol–water partition coefficient (Wildman–Crippen LogP) is 5.21. The zero-order valence-corrected chi connectivity index (χ0v) is 14.4. The van der Waals surface area contributed by atoms with E-state index in [1.807, 2.05) is 40.4 Å². The Morgan fingerprint density at radius 3 is 2.79 bits per heavy atom. The van der Waals surface area contributed by atoms with Crippen molar-refractivity contribution in [2.75, 3.05) is 5.32 Å². The number of benzene rings is 2. The number of rotatable bonds is 4. The van der Waals surface area contributed by atoms with Crippen LogP contribution in [0.2, 0.25) is 0 Å². The predicted molar refractivity (Wildman–Crippen MR) is 102 cm³/mol. The molecule has 5 heteroatoms. The van der Waals surface area contributed by atoms with Crippen molar-refractivity contribution in [3.05, 3.63) is 70.2 Å². The van der Waals surface area contributed by atoms with Gasteiger partial charge in [-0.25, -0.2) is 4.98 Å². The van der Waals surface area contributed by atoms with Crippen LogP contribution in [0.4, 0.5) is 5.13 Å². The second-order valence-corrected chi connectivity index (χ2v) is 7.06. The lowest BCUT2D eigenvalue weighted by molar-refractivity contribution is -0.115. The van der Waals surface area contributed by atoms with Gasteiger partial charge in [0.15, 0.2) is 5.13 Å². The Morgan fingerprint density at radius 1 is 1.04 bits per heavy atom. The van der Waals surface area contributed by atoms with Gasteiger partial charge in [-0.05, 0) is 33.2 Å². The van der Waals surface area contributed by atoms with Gasteiger partial charge in [-0.3, -0.25) is 4.79 Å². The number of nitrogens with zero attached hydrogens (tertiary/aromatic N) is 1. The van der Waals surface area contributed by atoms with E-state index in [1.165, 1.54) is 22.1 Å². The molecule has 0 bridgehead atoms. The molecule has 4 rings (SSSR count). The first-order chi connectivity index (χ1) is 11.8. The van der Waals surface area contributed by atoms with E-state index in [-0.39, 0.29) is 5.91 Å². The molecule has 0 saturated carbocycles. The number of thiophene rings is 1. The maximum absolute atomic E-state index is 12.1. The van der Waals surface area contributed by atoms with Crippen molar-refractivity contribution in [1.29, 1.82) is 0 Å². The van der Waals surface area contributed by atoms with Gasteiger partial charge in [0.25, 0.3) is 0 Å². The van der Waals surface area contributed by atoms with Crippen LogP contribution in [0.1, 0.15) is 5.56 Å². The van der Waals surface area contributed by atoms with Gasteiger partial charge in [-0.15, -0.1) is 11.3 Å². The first kappa shape index (κ1) is 15.1. The van der Waals surface area contributed by atoms with E-state index in [9.17, 15) is 4.79 Å². The van der Waals surface area contributed by atoms with Crippen LogP contribution in [0.5, 0.6) is 0 Å². The molecule has 0 aliphatic heterocycles. The van der Waals surface area contributed by atoms with Crippen molar-refractivity contribution in [3.63, 3.8) is 0 Å². The number of aromatic nitrogens is 1. The third-order valence-electron chi connectivity index (χ3n) is 3.76. The smallest absolute Gasteiger partial charge is 0.230 e. The maximum Gasteiger partial charge on any atom is 0.230 e. The highest BCUT2D eigenvalue weighted by molar-refractivity contribution is 7.14. The van der Waals surface area contributed by atoms with Crippen LogP contribution < -0.4 is 5.32 Å². The molecule has 3 nitrogen and oxygen atoms in total. The molecule has 2 aromatic heterocycles. The van der Waals surface area contributed by atoms with Gasteiger partial charge < -0.3 is 5.32 Å². The van der Waals surface area contributed by atoms with Gasteiger partial charge in [-0.2, -0.15) is 11.3 Å². The van der Waals surface area contributed by atoms with Crippen LogP contribution in [0.15, 0.2) is 64.7 Å². The summed E-state index contributed by atoms with van der Waals surface area (Å²) in [5.74, 6) is -0.0350. The standard InChI is InChI=1S/C19H14N2OS2/c22-18(10-13-8-9-23-11-13)21-19-20-17(12-24-19)16-7-3-5-14-4-1-2-6-15(14)16/h1-9,11-12H,10H2,(H,20,21,22). The van der Waals surface area contributed by atoms with E-state index in [0.717, 1.165) is 16.8 Å². The topological polar surface area (TPSA) is 42.0 Å². The number of carbonyl (C=O) groups is 1. The lowest BCUT2D eigenvalue weighted by Gasteiger charge is -2.03. The van der Waals surface area contributed by atoms with E-state index in [2.05, 4.69) is 34.6 Å². The van der Waals surface area contributed by atoms with Gasteiger partial charge in [0.05, 0.1) is 12.1 Å². The van der Waals surface area contributed by atoms with Crippen LogP contribution in [0, 0.1) is 0 Å². The maximum atomic E-state index is 12.1. The second-order valence-electron chi connectivity index (χ2n) is 5.42. The lowest BCUT2D eigenvalue weighted by atomic mass is 10.0. The molecular weight excluding hydrogens is 336 g/mol. The Balaban J connectivity index is 1.57. The molecule has 0 unspecified atom stereocenters. The molecular formula is C19H14N2OS2. The number of hydrogen-bond acceptors (Lipinski definition) is 4. The molecule has 1 amide bonds. The number of fused-ring (bicyclic) bond motifs is 1. The van der Waals surface area contributed by atoms with Crippen molar-refractivity contribution in [3.8, 4) is 11.3 Å². The van der Waals surface area contributed by atoms with E-state index in [4.69, 9.17) is 0 Å². The number of thiazole rings is 1. The molecule has 0 atom stereocenters. The average molecular weight is 350 g/mol. The fraction of sp³-hybridized carbons (Fsp3) is 0.0526. The Kier molecular flexibility index (Phi) is 4.11. The zero-order valence-electron chi connectivity index (χ0n) is 12.7. The number of anilines is 1. The molecule has 0 aliphatic rings. The monoisotopic (exact) mass is 350 g/mol. The Hall–Kier alpha value is -2.50. The summed E-state index contributed by atoms with van der Waals surface area (Å²) in [7, 11) is 0. The van der Waals surface area contributed by atoms with Crippen molar-refractivity contribution in [1.82, 2.24) is 4.98 Å². The molecule has 24 heavy (non-hydrogen) atoms. The summed E-state index contributed by atoms with van der Waals surface area (Å²) in [6.07, 6.45) is 0.382. The van der Waals surface area contributed by atoms with E-state index in [1.54, 1.807) is 11.3 Å². The fourth-order valence-electron chi connectivity index (χ4n) is 2.65. The molecule has 0 radical (unpaired) electrons. The van der Waals surface area contributed by atoms with Gasteiger partial charge in [0.1, 0.15) is 0 Å². The highest BCUT2D eigenvalue weighted by Crippen LogP contribution is 2.30. The number of hydrogen-bond donors (Lipinski definition) is 1. The molecule has 4 aromatic rings. The fourth-order valence-corrected chi connectivity index (χ4v) is 4.04. The minimum absolute atomic E-state index is 0.0350. The first-order valence-corrected chi connectivity index (χ1v) is 9.36. The van der Waals surface area contributed by atoms with Gasteiger partial charge in [0.2, 0.25) is 5.91 Å². The highest BCUT2D eigenvalue weighted by Gasteiger charge is 2.10. The van der Waals surface area contributed by atoms with Crippen molar-refractivity contribution < 1.29 is 4.79 Å². The third-order valence-corrected chi connectivity index (χ3v) is 5.25. The average Bonchev–Trinajstić information content (AvgIpc) is 3.26. The molecule has 0 saturated heterocycles. The molecule has 2 aromatic carbocycles. The number of carbonyl (C=O) groups excluding carboxylic acids is 1. The van der Waals surface area contributed by atoms with Crippen LogP contribution >= 0.6 is 22.7 Å². The third kappa shape index (κ3) is 3.09. The summed E-state index contributed by atoms with van der Waals surface area (Å²) in [6, 6.07) is 16.4. The molecule has 1 N–H and O–H groups in total. The van der Waals surface area contributed by atoms with Crippen LogP contribution in [0.3, 0.4) is 0 Å². The summed E-state index contributed by atoms with van der Waals surface area (Å²) in [6.45, 7) is 0. The van der Waals surface area contributed by atoms with E-state index < -0.39 is 0 Å². The first-order valence-electron chi connectivity index (χ1n) is 7.54. The molecule has 0 fully saturated rings. The van der Waals surface area contributed by atoms with Gasteiger partial charge >= 0.3 is 0 Å². The van der Waals surface area contributed by atoms with Gasteiger partial charge in [0, 0.05) is 10.9 Å². The summed E-state index contributed by atoms with van der Waals surface area (Å²) >= 11 is 3.05. The minimum Gasteiger partial charge on any atom is -0.302 e. The lowest BCUT2D eigenvalue weighted by Crippen LogP contribution is -2.13. The van der Waals surface area contributed by atoms with Crippen molar-refractivity contribution in [2.45, 2.75) is 6.42 Å². The molecule has 2 heterocycles. The Bertz CT molecular complexity index is 984. The summed E-state index contributed by atoms with van der Waals surface area (Å²) in [4.78, 5) is 16.7. The zero-order chi connectivity index (χ0) is 16.4. The summed E-state index contributed by atoms with van der Waals surface area (Å²) < 4.78 is 0. The van der Waals surface area contributed by atoms with Crippen molar-refractivity contribution in [2.24, 2.45) is 0 Å². The molecule has 118 valence electrons. The van der Waals surface area contributed by atoms with Crippen LogP contribution in [0.25, 0.3) is 22.0 Å². The van der Waals surface area contributed by atoms with Crippen LogP contribution in [-0.2, 0) is 11.2 Å². The van der Waals surface area contributed by atoms with Crippen molar-refractivity contribution >= 4 is 44.5 Å². The largest absolute Gasteiger partial charge is 0.302 e. The molecule has 0 aliphatic carbocycles. The van der Waals surface area contributed by atoms with E-state index in [0.29, 0.717) is 11.6 Å². The Labute approximate surface area is 147 Å².